The van der Waals surface area contributed by atoms with Gasteiger partial charge < -0.3 is 10.1 Å². The van der Waals surface area contributed by atoms with Crippen molar-refractivity contribution in [1.29, 1.82) is 0 Å². The fraction of sp³-hybridized carbons (Fsp3) is 0.360. The molecule has 0 saturated carbocycles. The summed E-state index contributed by atoms with van der Waals surface area (Å²) in [6, 6.07) is 12.7. The lowest BCUT2D eigenvalue weighted by atomic mass is 9.94. The second kappa shape index (κ2) is 10.8. The minimum Gasteiger partial charge on any atom is -0.463 e. The van der Waals surface area contributed by atoms with E-state index in [2.05, 4.69) is 5.32 Å². The van der Waals surface area contributed by atoms with Gasteiger partial charge in [-0.05, 0) is 36.8 Å². The standard InChI is InChI=1S/C25H29FN4O5S/c1-3-35-24(31)22-21(28(2)25(32)27-23(22)18-8-7-9-19(26)16-18)17-29-12-14-30(15-13-29)36(33,34)20-10-5-4-6-11-20/h4-11,16,23H,3,12-15,17H2,1-2H3,(H,27,32). The van der Waals surface area contributed by atoms with Gasteiger partial charge in [-0.3, -0.25) is 9.80 Å². The summed E-state index contributed by atoms with van der Waals surface area (Å²) in [5.41, 5.74) is 1.09. The maximum Gasteiger partial charge on any atom is 0.338 e. The number of amides is 2. The molecule has 2 aliphatic heterocycles. The number of esters is 1. The van der Waals surface area contributed by atoms with Gasteiger partial charge in [0.2, 0.25) is 10.0 Å². The normalized spacial score (nSPS) is 19.8. The van der Waals surface area contributed by atoms with Gasteiger partial charge in [0, 0.05) is 45.5 Å². The van der Waals surface area contributed by atoms with E-state index < -0.39 is 33.9 Å². The van der Waals surface area contributed by atoms with Crippen molar-refractivity contribution in [2.24, 2.45) is 0 Å². The Bertz CT molecular complexity index is 1260. The third kappa shape index (κ3) is 5.28. The first-order valence-electron chi connectivity index (χ1n) is 11.7. The van der Waals surface area contributed by atoms with Crippen molar-refractivity contribution in [2.75, 3.05) is 46.4 Å². The molecular weight excluding hydrogens is 487 g/mol. The number of carbonyl (C=O) groups is 2. The summed E-state index contributed by atoms with van der Waals surface area (Å²) < 4.78 is 46.6. The average Bonchev–Trinajstić information content (AvgIpc) is 2.87. The van der Waals surface area contributed by atoms with Crippen molar-refractivity contribution in [1.82, 2.24) is 19.4 Å². The molecule has 2 aromatic rings. The molecule has 0 bridgehead atoms. The highest BCUT2D eigenvalue weighted by atomic mass is 32.2. The summed E-state index contributed by atoms with van der Waals surface area (Å²) in [6.45, 7) is 3.40. The molecular formula is C25H29FN4O5S. The maximum absolute atomic E-state index is 14.0. The molecule has 1 atom stereocenters. The van der Waals surface area contributed by atoms with Gasteiger partial charge in [-0.2, -0.15) is 4.31 Å². The first-order valence-corrected chi connectivity index (χ1v) is 13.1. The molecule has 1 unspecified atom stereocenters. The van der Waals surface area contributed by atoms with Gasteiger partial charge in [0.15, 0.2) is 0 Å². The zero-order valence-electron chi connectivity index (χ0n) is 20.2. The molecule has 1 fully saturated rings. The van der Waals surface area contributed by atoms with Crippen molar-refractivity contribution >= 4 is 22.0 Å². The number of likely N-dealkylation sites (N-methyl/N-ethyl adjacent to an activating group) is 1. The number of halogens is 1. The third-order valence-corrected chi connectivity index (χ3v) is 8.25. The van der Waals surface area contributed by atoms with E-state index in [1.807, 2.05) is 4.90 Å². The van der Waals surface area contributed by atoms with Crippen LogP contribution in [-0.2, 0) is 19.6 Å². The number of nitrogens with one attached hydrogen (secondary N) is 1. The summed E-state index contributed by atoms with van der Waals surface area (Å²) in [5, 5.41) is 2.77. The Morgan fingerprint density at radius 1 is 1.08 bits per heavy atom. The number of sulfonamides is 1. The number of benzene rings is 2. The van der Waals surface area contributed by atoms with Crippen LogP contribution in [-0.4, -0.2) is 80.9 Å². The SMILES string of the molecule is CCOC(=O)C1=C(CN2CCN(S(=O)(=O)c3ccccc3)CC2)N(C)C(=O)NC1c1cccc(F)c1. The lowest BCUT2D eigenvalue weighted by molar-refractivity contribution is -0.139. The van der Waals surface area contributed by atoms with Crippen LogP contribution in [0.4, 0.5) is 9.18 Å². The fourth-order valence-corrected chi connectivity index (χ4v) is 5.86. The predicted molar refractivity (Wildman–Crippen MR) is 131 cm³/mol. The molecule has 0 aromatic heterocycles. The number of hydrogen-bond acceptors (Lipinski definition) is 6. The van der Waals surface area contributed by atoms with Gasteiger partial charge >= 0.3 is 12.0 Å². The summed E-state index contributed by atoms with van der Waals surface area (Å²) in [6.07, 6.45) is 0. The Kier molecular flexibility index (Phi) is 7.72. The highest BCUT2D eigenvalue weighted by molar-refractivity contribution is 7.89. The molecule has 192 valence electrons. The molecule has 0 spiro atoms. The van der Waals surface area contributed by atoms with Crippen molar-refractivity contribution in [3.05, 3.63) is 77.2 Å². The molecule has 1 saturated heterocycles. The smallest absolute Gasteiger partial charge is 0.338 e. The van der Waals surface area contributed by atoms with Crippen LogP contribution in [0.15, 0.2) is 70.8 Å². The van der Waals surface area contributed by atoms with Crippen molar-refractivity contribution in [2.45, 2.75) is 17.9 Å². The minimum atomic E-state index is -3.61. The van der Waals surface area contributed by atoms with Crippen LogP contribution < -0.4 is 5.32 Å². The van der Waals surface area contributed by atoms with Crippen LogP contribution in [0, 0.1) is 5.82 Å². The molecule has 2 aliphatic rings. The van der Waals surface area contributed by atoms with E-state index in [0.717, 1.165) is 0 Å². The molecule has 0 aliphatic carbocycles. The molecule has 36 heavy (non-hydrogen) atoms. The van der Waals surface area contributed by atoms with Gasteiger partial charge in [-0.1, -0.05) is 30.3 Å². The van der Waals surface area contributed by atoms with Crippen LogP contribution in [0.2, 0.25) is 0 Å². The Hall–Kier alpha value is -3.28. The zero-order valence-corrected chi connectivity index (χ0v) is 21.0. The van der Waals surface area contributed by atoms with Crippen molar-refractivity contribution in [3.63, 3.8) is 0 Å². The van der Waals surface area contributed by atoms with E-state index in [-0.39, 0.29) is 36.7 Å². The van der Waals surface area contributed by atoms with Gasteiger partial charge in [0.05, 0.1) is 23.1 Å². The number of nitrogens with zero attached hydrogens (tertiary/aromatic N) is 3. The Labute approximate surface area is 210 Å². The van der Waals surface area contributed by atoms with E-state index in [1.54, 1.807) is 50.4 Å². The molecule has 11 heteroatoms. The molecule has 9 nitrogen and oxygen atoms in total. The molecule has 4 rings (SSSR count). The first kappa shape index (κ1) is 25.8. The number of piperazine rings is 1. The average molecular weight is 517 g/mol. The number of ether oxygens (including phenoxy) is 1. The van der Waals surface area contributed by atoms with E-state index in [4.69, 9.17) is 4.74 Å². The van der Waals surface area contributed by atoms with Crippen LogP contribution in [0.1, 0.15) is 18.5 Å². The van der Waals surface area contributed by atoms with E-state index >= 15 is 0 Å². The fourth-order valence-electron chi connectivity index (χ4n) is 4.42. The minimum absolute atomic E-state index is 0.138. The quantitative estimate of drug-likeness (QED) is 0.568. The van der Waals surface area contributed by atoms with E-state index in [1.165, 1.54) is 27.4 Å². The molecule has 1 N–H and O–H groups in total. The summed E-state index contributed by atoms with van der Waals surface area (Å²) >= 11 is 0. The van der Waals surface area contributed by atoms with Crippen LogP contribution in [0.3, 0.4) is 0 Å². The van der Waals surface area contributed by atoms with Crippen molar-refractivity contribution < 1.29 is 27.1 Å². The molecule has 2 heterocycles. The highest BCUT2D eigenvalue weighted by Crippen LogP contribution is 2.32. The Morgan fingerprint density at radius 2 is 1.78 bits per heavy atom. The third-order valence-electron chi connectivity index (χ3n) is 6.34. The molecule has 2 amide bonds. The number of urea groups is 1. The van der Waals surface area contributed by atoms with E-state index in [9.17, 15) is 22.4 Å². The largest absolute Gasteiger partial charge is 0.463 e. The van der Waals surface area contributed by atoms with Crippen LogP contribution >= 0.6 is 0 Å². The van der Waals surface area contributed by atoms with E-state index in [0.29, 0.717) is 24.4 Å². The number of rotatable bonds is 7. The lowest BCUT2D eigenvalue weighted by Crippen LogP contribution is -2.53. The van der Waals surface area contributed by atoms with Gasteiger partial charge in [-0.15, -0.1) is 0 Å². The lowest BCUT2D eigenvalue weighted by Gasteiger charge is -2.39. The number of carbonyl (C=O) groups excluding carboxylic acids is 2. The number of hydrogen-bond donors (Lipinski definition) is 1. The van der Waals surface area contributed by atoms with Gasteiger partial charge in [0.25, 0.3) is 0 Å². The Balaban J connectivity index is 1.60. The predicted octanol–water partition coefficient (Wildman–Crippen LogP) is 2.35. The maximum atomic E-state index is 14.0. The van der Waals surface area contributed by atoms with Gasteiger partial charge in [0.1, 0.15) is 5.82 Å². The van der Waals surface area contributed by atoms with Crippen LogP contribution in [0.25, 0.3) is 0 Å². The molecule has 2 aromatic carbocycles. The van der Waals surface area contributed by atoms with Crippen LogP contribution in [0.5, 0.6) is 0 Å². The Morgan fingerprint density at radius 3 is 2.42 bits per heavy atom. The molecule has 0 radical (unpaired) electrons. The second-order valence-corrected chi connectivity index (χ2v) is 10.5. The highest BCUT2D eigenvalue weighted by Gasteiger charge is 2.38. The van der Waals surface area contributed by atoms with Crippen molar-refractivity contribution in [3.8, 4) is 0 Å². The summed E-state index contributed by atoms with van der Waals surface area (Å²) in [5.74, 6) is -1.08. The first-order chi connectivity index (χ1) is 17.2. The van der Waals surface area contributed by atoms with Gasteiger partial charge in [-0.25, -0.2) is 22.4 Å². The summed E-state index contributed by atoms with van der Waals surface area (Å²) in [4.78, 5) is 29.5. The second-order valence-electron chi connectivity index (χ2n) is 8.57. The monoisotopic (exact) mass is 516 g/mol. The summed E-state index contributed by atoms with van der Waals surface area (Å²) in [7, 11) is -2.05. The zero-order chi connectivity index (χ0) is 25.9. The topological polar surface area (TPSA) is 99.3 Å².